The third-order valence-electron chi connectivity index (χ3n) is 4.89. The summed E-state index contributed by atoms with van der Waals surface area (Å²) in [5, 5.41) is 5.28. The van der Waals surface area contributed by atoms with Crippen LogP contribution in [0.15, 0.2) is 24.3 Å². The molecule has 1 heterocycles. The number of amides is 3. The van der Waals surface area contributed by atoms with Gasteiger partial charge >= 0.3 is 12.0 Å². The van der Waals surface area contributed by atoms with Crippen molar-refractivity contribution in [2.45, 2.75) is 38.5 Å². The number of ether oxygens (including phenoxy) is 1. The molecule has 1 aromatic carbocycles. The topological polar surface area (TPSA) is 97.4 Å². The monoisotopic (exact) mass is 389 g/mol. The van der Waals surface area contributed by atoms with Crippen LogP contribution in [0.4, 0.5) is 4.79 Å². The Labute approximate surface area is 161 Å². The number of nitrogens with one attached hydrogen (secondary N) is 2. The highest BCUT2D eigenvalue weighted by Gasteiger charge is 2.42. The minimum atomic E-state index is -0.653. The minimum absolute atomic E-state index is 0.381. The summed E-state index contributed by atoms with van der Waals surface area (Å²) in [5.74, 6) is -1.03. The molecule has 1 fully saturated rings. The van der Waals surface area contributed by atoms with E-state index >= 15 is 0 Å². The first-order chi connectivity index (χ1) is 13.0. The van der Waals surface area contributed by atoms with E-state index in [0.29, 0.717) is 6.42 Å². The maximum Gasteiger partial charge on any atom is 0.321 e. The van der Waals surface area contributed by atoms with Crippen molar-refractivity contribution in [2.24, 2.45) is 5.41 Å². The number of rotatable bonds is 5. The van der Waals surface area contributed by atoms with Crippen molar-refractivity contribution in [2.75, 3.05) is 13.7 Å². The van der Waals surface area contributed by atoms with Crippen molar-refractivity contribution in [3.63, 3.8) is 0 Å². The molecular weight excluding hydrogens is 366 g/mol. The van der Waals surface area contributed by atoms with Crippen LogP contribution in [0.1, 0.15) is 37.1 Å². The van der Waals surface area contributed by atoms with Crippen molar-refractivity contribution in [1.29, 1.82) is 0 Å². The van der Waals surface area contributed by atoms with Gasteiger partial charge in [-0.3, -0.25) is 14.9 Å². The Bertz CT molecular complexity index is 809. The van der Waals surface area contributed by atoms with Gasteiger partial charge in [-0.25, -0.2) is 9.78 Å². The molecule has 27 heavy (non-hydrogen) atoms. The van der Waals surface area contributed by atoms with E-state index in [1.165, 1.54) is 7.05 Å². The first-order valence-corrected chi connectivity index (χ1v) is 9.87. The lowest BCUT2D eigenvalue weighted by Gasteiger charge is -2.34. The molecule has 3 rings (SSSR count). The fraction of sp³-hybridized carbons (Fsp3) is 0.474. The molecule has 0 aliphatic heterocycles. The summed E-state index contributed by atoms with van der Waals surface area (Å²) in [6, 6.07) is 7.27. The minimum Gasteiger partial charge on any atom is -0.455 e. The highest BCUT2D eigenvalue weighted by Crippen LogP contribution is 2.41. The fourth-order valence-corrected chi connectivity index (χ4v) is 4.59. The van der Waals surface area contributed by atoms with Crippen molar-refractivity contribution in [1.82, 2.24) is 15.6 Å². The van der Waals surface area contributed by atoms with Crippen LogP contribution in [-0.2, 0) is 20.7 Å². The molecule has 1 saturated carbocycles. The second kappa shape index (κ2) is 8.47. The lowest BCUT2D eigenvalue weighted by atomic mass is 9.72. The third-order valence-corrected chi connectivity index (χ3v) is 5.92. The number of thiazole rings is 1. The number of fused-ring (bicyclic) bond motifs is 1. The summed E-state index contributed by atoms with van der Waals surface area (Å²) in [6.45, 7) is -0.464. The molecule has 7 nitrogen and oxygen atoms in total. The van der Waals surface area contributed by atoms with Crippen LogP contribution in [0.3, 0.4) is 0 Å². The number of esters is 1. The highest BCUT2D eigenvalue weighted by molar-refractivity contribution is 7.18. The lowest BCUT2D eigenvalue weighted by molar-refractivity contribution is -0.161. The van der Waals surface area contributed by atoms with E-state index in [0.717, 1.165) is 47.3 Å². The van der Waals surface area contributed by atoms with E-state index in [-0.39, 0.29) is 5.97 Å². The SMILES string of the molecule is CNC(=O)NC(=O)COC(=O)C1(Cc2nc3ccccc3s2)CCCCC1. The van der Waals surface area contributed by atoms with Crippen LogP contribution < -0.4 is 10.6 Å². The number of urea groups is 1. The van der Waals surface area contributed by atoms with Crippen LogP contribution in [0.2, 0.25) is 0 Å². The Hall–Kier alpha value is -2.48. The Morgan fingerprint density at radius 2 is 1.93 bits per heavy atom. The molecular formula is C19H23N3O4S. The molecule has 2 aromatic rings. The van der Waals surface area contributed by atoms with Gasteiger partial charge < -0.3 is 10.1 Å². The predicted octanol–water partition coefficient (Wildman–Crippen LogP) is 2.79. The standard InChI is InChI=1S/C19H23N3O4S/c1-20-18(25)22-15(23)12-26-17(24)19(9-5-2-6-10-19)11-16-21-13-7-3-4-8-14(13)27-16/h3-4,7-8H,2,5-6,9-12H2,1H3,(H2,20,22,23,25). The number of imide groups is 1. The number of hydrogen-bond acceptors (Lipinski definition) is 6. The Balaban J connectivity index is 1.70. The summed E-state index contributed by atoms with van der Waals surface area (Å²) >= 11 is 1.59. The van der Waals surface area contributed by atoms with Gasteiger partial charge in [0.2, 0.25) is 0 Å². The molecule has 0 atom stereocenters. The van der Waals surface area contributed by atoms with Gasteiger partial charge in [0.25, 0.3) is 5.91 Å². The number of nitrogens with zero attached hydrogens (tertiary/aromatic N) is 1. The second-order valence-electron chi connectivity index (χ2n) is 6.80. The first-order valence-electron chi connectivity index (χ1n) is 9.06. The van der Waals surface area contributed by atoms with Crippen LogP contribution >= 0.6 is 11.3 Å². The molecule has 0 bridgehead atoms. The smallest absolute Gasteiger partial charge is 0.321 e. The van der Waals surface area contributed by atoms with Gasteiger partial charge in [0, 0.05) is 13.5 Å². The highest BCUT2D eigenvalue weighted by atomic mass is 32.1. The maximum absolute atomic E-state index is 12.9. The zero-order chi connectivity index (χ0) is 19.3. The molecule has 0 unspecified atom stereocenters. The largest absolute Gasteiger partial charge is 0.455 e. The molecule has 0 saturated heterocycles. The number of aromatic nitrogens is 1. The summed E-state index contributed by atoms with van der Waals surface area (Å²) < 4.78 is 6.38. The molecule has 1 aliphatic rings. The number of benzene rings is 1. The van der Waals surface area contributed by atoms with E-state index < -0.39 is 24.0 Å². The van der Waals surface area contributed by atoms with Gasteiger partial charge in [-0.2, -0.15) is 0 Å². The van der Waals surface area contributed by atoms with Crippen molar-refractivity contribution in [3.8, 4) is 0 Å². The van der Waals surface area contributed by atoms with Gasteiger partial charge in [-0.15, -0.1) is 11.3 Å². The summed E-state index contributed by atoms with van der Waals surface area (Å²) in [6.07, 6.45) is 4.95. The zero-order valence-corrected chi connectivity index (χ0v) is 16.1. The van der Waals surface area contributed by atoms with E-state index in [9.17, 15) is 14.4 Å². The van der Waals surface area contributed by atoms with Gasteiger partial charge in [0.15, 0.2) is 6.61 Å². The maximum atomic E-state index is 12.9. The average Bonchev–Trinajstić information content (AvgIpc) is 3.08. The fourth-order valence-electron chi connectivity index (χ4n) is 3.48. The molecule has 2 N–H and O–H groups in total. The molecule has 0 spiro atoms. The van der Waals surface area contributed by atoms with E-state index in [2.05, 4.69) is 15.6 Å². The molecule has 1 aromatic heterocycles. The van der Waals surface area contributed by atoms with Crippen LogP contribution in [-0.4, -0.2) is 36.5 Å². The number of hydrogen-bond donors (Lipinski definition) is 2. The van der Waals surface area contributed by atoms with Crippen LogP contribution in [0.5, 0.6) is 0 Å². The van der Waals surface area contributed by atoms with Crippen LogP contribution in [0.25, 0.3) is 10.2 Å². The molecule has 0 radical (unpaired) electrons. The molecule has 1 aliphatic carbocycles. The van der Waals surface area contributed by atoms with Crippen molar-refractivity contribution < 1.29 is 19.1 Å². The molecule has 3 amide bonds. The molecule has 8 heteroatoms. The van der Waals surface area contributed by atoms with Gasteiger partial charge in [-0.1, -0.05) is 31.4 Å². The van der Waals surface area contributed by atoms with Crippen LogP contribution in [0, 0.1) is 5.41 Å². The van der Waals surface area contributed by atoms with Gasteiger partial charge in [0.1, 0.15) is 0 Å². The van der Waals surface area contributed by atoms with Gasteiger partial charge in [-0.05, 0) is 25.0 Å². The zero-order valence-electron chi connectivity index (χ0n) is 15.2. The van der Waals surface area contributed by atoms with E-state index in [4.69, 9.17) is 4.74 Å². The lowest BCUT2D eigenvalue weighted by Crippen LogP contribution is -2.42. The summed E-state index contributed by atoms with van der Waals surface area (Å²) in [4.78, 5) is 40.4. The summed E-state index contributed by atoms with van der Waals surface area (Å²) in [7, 11) is 1.41. The Morgan fingerprint density at radius 1 is 1.19 bits per heavy atom. The molecule has 144 valence electrons. The number of para-hydroxylation sites is 1. The average molecular weight is 389 g/mol. The first kappa shape index (κ1) is 19.3. The quantitative estimate of drug-likeness (QED) is 0.767. The normalized spacial score (nSPS) is 15.9. The summed E-state index contributed by atoms with van der Waals surface area (Å²) in [5.41, 5.74) is 0.279. The van der Waals surface area contributed by atoms with E-state index in [1.54, 1.807) is 11.3 Å². The number of carbonyl (C=O) groups is 3. The van der Waals surface area contributed by atoms with Crippen molar-refractivity contribution >= 4 is 39.5 Å². The Kier molecular flexibility index (Phi) is 6.05. The van der Waals surface area contributed by atoms with Crippen molar-refractivity contribution in [3.05, 3.63) is 29.3 Å². The van der Waals surface area contributed by atoms with Gasteiger partial charge in [0.05, 0.1) is 20.6 Å². The third kappa shape index (κ3) is 4.63. The van der Waals surface area contributed by atoms with E-state index in [1.807, 2.05) is 24.3 Å². The Morgan fingerprint density at radius 3 is 2.63 bits per heavy atom. The predicted molar refractivity (Wildman–Crippen MR) is 102 cm³/mol. The second-order valence-corrected chi connectivity index (χ2v) is 7.91. The number of carbonyl (C=O) groups excluding carboxylic acids is 3.